The fraction of sp³-hybridized carbons (Fsp3) is 0.200. The van der Waals surface area contributed by atoms with Crippen molar-refractivity contribution in [1.82, 2.24) is 0 Å². The zero-order valence-corrected chi connectivity index (χ0v) is 13.7. The molecule has 0 radical (unpaired) electrons. The van der Waals surface area contributed by atoms with Crippen LogP contribution in [0.15, 0.2) is 34.8 Å². The summed E-state index contributed by atoms with van der Waals surface area (Å²) in [4.78, 5) is 0. The van der Waals surface area contributed by atoms with E-state index in [1.54, 1.807) is 18.2 Å². The van der Waals surface area contributed by atoms with Gasteiger partial charge in [0.25, 0.3) is 0 Å². The fourth-order valence-corrected chi connectivity index (χ4v) is 2.68. The van der Waals surface area contributed by atoms with Crippen molar-refractivity contribution in [3.8, 4) is 11.5 Å². The second-order valence-electron chi connectivity index (χ2n) is 4.28. The summed E-state index contributed by atoms with van der Waals surface area (Å²) in [6.45, 7) is 0. The molecular formula is C15H13BrClFO3. The highest BCUT2D eigenvalue weighted by molar-refractivity contribution is 9.10. The molecule has 0 heterocycles. The van der Waals surface area contributed by atoms with Crippen LogP contribution < -0.4 is 9.47 Å². The lowest BCUT2D eigenvalue weighted by Gasteiger charge is -2.16. The molecule has 2 aromatic carbocycles. The Morgan fingerprint density at radius 2 is 1.95 bits per heavy atom. The molecule has 0 fully saturated rings. The van der Waals surface area contributed by atoms with Crippen LogP contribution in [0, 0.1) is 5.82 Å². The number of methoxy groups -OCH3 is 2. The van der Waals surface area contributed by atoms with E-state index in [4.69, 9.17) is 21.1 Å². The van der Waals surface area contributed by atoms with Crippen LogP contribution in [0.5, 0.6) is 11.5 Å². The minimum absolute atomic E-state index is 0.146. The highest BCUT2D eigenvalue weighted by Crippen LogP contribution is 2.39. The maximum atomic E-state index is 14.1. The van der Waals surface area contributed by atoms with Gasteiger partial charge in [0.2, 0.25) is 0 Å². The lowest BCUT2D eigenvalue weighted by molar-refractivity contribution is 0.214. The van der Waals surface area contributed by atoms with E-state index in [1.807, 2.05) is 0 Å². The Morgan fingerprint density at radius 1 is 1.24 bits per heavy atom. The molecule has 0 saturated heterocycles. The predicted octanol–water partition coefficient (Wildman–Crippen LogP) is 4.34. The summed E-state index contributed by atoms with van der Waals surface area (Å²) in [5.41, 5.74) is 0.558. The third kappa shape index (κ3) is 3.15. The van der Waals surface area contributed by atoms with Gasteiger partial charge in [0.05, 0.1) is 23.7 Å². The largest absolute Gasteiger partial charge is 0.493 e. The van der Waals surface area contributed by atoms with E-state index in [0.29, 0.717) is 17.1 Å². The zero-order chi connectivity index (χ0) is 15.6. The normalized spacial score (nSPS) is 12.1. The van der Waals surface area contributed by atoms with Crippen LogP contribution in [0.25, 0.3) is 0 Å². The van der Waals surface area contributed by atoms with Gasteiger partial charge in [-0.2, -0.15) is 0 Å². The molecule has 0 aliphatic rings. The number of hydrogen-bond acceptors (Lipinski definition) is 3. The quantitative estimate of drug-likeness (QED) is 0.864. The van der Waals surface area contributed by atoms with Gasteiger partial charge < -0.3 is 14.6 Å². The maximum Gasteiger partial charge on any atom is 0.179 e. The lowest BCUT2D eigenvalue weighted by Crippen LogP contribution is -2.04. The van der Waals surface area contributed by atoms with E-state index < -0.39 is 11.9 Å². The van der Waals surface area contributed by atoms with Gasteiger partial charge in [0.15, 0.2) is 11.5 Å². The van der Waals surface area contributed by atoms with E-state index in [-0.39, 0.29) is 15.1 Å². The molecule has 2 rings (SSSR count). The van der Waals surface area contributed by atoms with Crippen molar-refractivity contribution < 1.29 is 19.0 Å². The number of benzene rings is 2. The molecule has 2 aromatic rings. The number of halogens is 3. The summed E-state index contributed by atoms with van der Waals surface area (Å²) < 4.78 is 24.7. The summed E-state index contributed by atoms with van der Waals surface area (Å²) in [7, 11) is 2.93. The number of aliphatic hydroxyl groups is 1. The van der Waals surface area contributed by atoms with Gasteiger partial charge in [0.1, 0.15) is 11.9 Å². The highest BCUT2D eigenvalue weighted by atomic mass is 79.9. The second kappa shape index (κ2) is 6.64. The Hall–Kier alpha value is -1.30. The summed E-state index contributed by atoms with van der Waals surface area (Å²) in [5, 5.41) is 10.7. The molecule has 3 nitrogen and oxygen atoms in total. The summed E-state index contributed by atoms with van der Waals surface area (Å²) in [5.74, 6) is 0.218. The molecule has 21 heavy (non-hydrogen) atoms. The van der Waals surface area contributed by atoms with Crippen LogP contribution in [-0.4, -0.2) is 19.3 Å². The summed E-state index contributed by atoms with van der Waals surface area (Å²) in [6.07, 6.45) is -1.17. The number of ether oxygens (including phenoxy) is 2. The van der Waals surface area contributed by atoms with Gasteiger partial charge in [-0.3, -0.25) is 0 Å². The van der Waals surface area contributed by atoms with Crippen molar-refractivity contribution in [2.24, 2.45) is 0 Å². The smallest absolute Gasteiger partial charge is 0.179 e. The first-order valence-corrected chi connectivity index (χ1v) is 7.20. The first-order valence-electron chi connectivity index (χ1n) is 6.03. The Balaban J connectivity index is 2.51. The molecule has 1 atom stereocenters. The molecule has 1 N–H and O–H groups in total. The van der Waals surface area contributed by atoms with Gasteiger partial charge in [-0.1, -0.05) is 23.7 Å². The Morgan fingerprint density at radius 3 is 2.57 bits per heavy atom. The van der Waals surface area contributed by atoms with E-state index >= 15 is 0 Å². The Labute approximate surface area is 135 Å². The van der Waals surface area contributed by atoms with E-state index in [9.17, 15) is 9.50 Å². The minimum atomic E-state index is -1.17. The number of aliphatic hydroxyl groups excluding tert-OH is 1. The fourth-order valence-electron chi connectivity index (χ4n) is 2.01. The third-order valence-corrected chi connectivity index (χ3v) is 3.94. The van der Waals surface area contributed by atoms with Crippen molar-refractivity contribution in [1.29, 1.82) is 0 Å². The van der Waals surface area contributed by atoms with Gasteiger partial charge in [0, 0.05) is 5.56 Å². The molecule has 0 saturated carbocycles. The number of hydrogen-bond donors (Lipinski definition) is 1. The molecule has 0 aromatic heterocycles. The second-order valence-corrected chi connectivity index (χ2v) is 5.55. The average Bonchev–Trinajstić information content (AvgIpc) is 2.48. The lowest BCUT2D eigenvalue weighted by atomic mass is 10.0. The van der Waals surface area contributed by atoms with Crippen molar-refractivity contribution in [2.45, 2.75) is 6.10 Å². The van der Waals surface area contributed by atoms with Gasteiger partial charge in [-0.05, 0) is 39.7 Å². The molecule has 0 spiro atoms. The van der Waals surface area contributed by atoms with Crippen molar-refractivity contribution in [3.05, 3.63) is 56.8 Å². The monoisotopic (exact) mass is 374 g/mol. The predicted molar refractivity (Wildman–Crippen MR) is 82.7 cm³/mol. The van der Waals surface area contributed by atoms with E-state index in [2.05, 4.69) is 15.9 Å². The van der Waals surface area contributed by atoms with E-state index in [1.165, 1.54) is 26.4 Å². The molecule has 6 heteroatoms. The molecule has 0 amide bonds. The van der Waals surface area contributed by atoms with Crippen molar-refractivity contribution >= 4 is 27.5 Å². The van der Waals surface area contributed by atoms with E-state index in [0.717, 1.165) is 0 Å². The molecule has 112 valence electrons. The highest BCUT2D eigenvalue weighted by Gasteiger charge is 2.20. The summed E-state index contributed by atoms with van der Waals surface area (Å²) in [6, 6.07) is 7.81. The van der Waals surface area contributed by atoms with Crippen molar-refractivity contribution in [3.63, 3.8) is 0 Å². The third-order valence-electron chi connectivity index (χ3n) is 3.05. The molecule has 1 unspecified atom stereocenters. The first-order chi connectivity index (χ1) is 9.99. The van der Waals surface area contributed by atoms with Crippen LogP contribution in [0.1, 0.15) is 17.2 Å². The van der Waals surface area contributed by atoms with Crippen molar-refractivity contribution in [2.75, 3.05) is 14.2 Å². The van der Waals surface area contributed by atoms with Gasteiger partial charge >= 0.3 is 0 Å². The molecular weight excluding hydrogens is 363 g/mol. The molecule has 0 aliphatic carbocycles. The Bertz CT molecular complexity index is 664. The molecule has 0 aliphatic heterocycles. The topological polar surface area (TPSA) is 38.7 Å². The van der Waals surface area contributed by atoms with Crippen LogP contribution in [-0.2, 0) is 0 Å². The maximum absolute atomic E-state index is 14.1. The Kier molecular flexibility index (Phi) is 5.08. The minimum Gasteiger partial charge on any atom is -0.493 e. The van der Waals surface area contributed by atoms with Gasteiger partial charge in [-0.25, -0.2) is 4.39 Å². The summed E-state index contributed by atoms with van der Waals surface area (Å²) >= 11 is 9.19. The average molecular weight is 376 g/mol. The number of rotatable bonds is 4. The standard InChI is InChI=1S/C15H13BrClFO3/c1-20-12-7-8(6-11(17)15(12)21-2)14(19)9-4-3-5-10(16)13(9)18/h3-7,14,19H,1-2H3. The first kappa shape index (κ1) is 16.1. The van der Waals surface area contributed by atoms with Crippen LogP contribution in [0.4, 0.5) is 4.39 Å². The zero-order valence-electron chi connectivity index (χ0n) is 11.4. The van der Waals surface area contributed by atoms with Gasteiger partial charge in [-0.15, -0.1) is 0 Å². The SMILES string of the molecule is COc1cc(C(O)c2cccc(Br)c2F)cc(Cl)c1OC. The van der Waals surface area contributed by atoms with Crippen LogP contribution >= 0.6 is 27.5 Å². The van der Waals surface area contributed by atoms with Crippen LogP contribution in [0.3, 0.4) is 0 Å². The molecule has 0 bridgehead atoms. The van der Waals surface area contributed by atoms with Crippen LogP contribution in [0.2, 0.25) is 5.02 Å².